The lowest BCUT2D eigenvalue weighted by molar-refractivity contribution is -0.132. The number of carbonyl (C=O) groups is 2. The average Bonchev–Trinajstić information content (AvgIpc) is 3.03. The predicted octanol–water partition coefficient (Wildman–Crippen LogP) is 2.69. The van der Waals surface area contributed by atoms with E-state index in [1.807, 2.05) is 36.1 Å². The van der Waals surface area contributed by atoms with Gasteiger partial charge in [-0.25, -0.2) is 4.98 Å². The summed E-state index contributed by atoms with van der Waals surface area (Å²) >= 11 is 7.36. The molecule has 28 heavy (non-hydrogen) atoms. The van der Waals surface area contributed by atoms with Crippen LogP contribution in [0.2, 0.25) is 5.02 Å². The number of aryl methyl sites for hydroxylation is 1. The minimum atomic E-state index is -0.00105. The Morgan fingerprint density at radius 1 is 1.14 bits per heavy atom. The van der Waals surface area contributed by atoms with Crippen LogP contribution in [0.3, 0.4) is 0 Å². The minimum absolute atomic E-state index is 0.00105. The average molecular weight is 421 g/mol. The number of halogens is 1. The van der Waals surface area contributed by atoms with Gasteiger partial charge in [-0.15, -0.1) is 11.3 Å². The monoisotopic (exact) mass is 420 g/mol. The first kappa shape index (κ1) is 20.8. The van der Waals surface area contributed by atoms with E-state index in [4.69, 9.17) is 11.6 Å². The number of thiazole rings is 1. The van der Waals surface area contributed by atoms with Gasteiger partial charge in [0.1, 0.15) is 9.88 Å². The molecule has 0 spiro atoms. The van der Waals surface area contributed by atoms with E-state index < -0.39 is 0 Å². The summed E-state index contributed by atoms with van der Waals surface area (Å²) in [5.41, 5.74) is 1.77. The molecule has 8 heteroatoms. The van der Waals surface area contributed by atoms with Gasteiger partial charge in [0.25, 0.3) is 5.91 Å². The fourth-order valence-corrected chi connectivity index (χ4v) is 4.41. The van der Waals surface area contributed by atoms with E-state index in [0.29, 0.717) is 36.0 Å². The molecule has 150 valence electrons. The first-order chi connectivity index (χ1) is 13.3. The van der Waals surface area contributed by atoms with E-state index in [1.54, 1.807) is 19.0 Å². The van der Waals surface area contributed by atoms with Crippen molar-refractivity contribution >= 4 is 34.8 Å². The molecule has 1 aliphatic rings. The van der Waals surface area contributed by atoms with Crippen molar-refractivity contribution < 1.29 is 9.59 Å². The number of benzene rings is 1. The van der Waals surface area contributed by atoms with Crippen molar-refractivity contribution in [2.24, 2.45) is 0 Å². The van der Waals surface area contributed by atoms with Crippen LogP contribution in [0.5, 0.6) is 0 Å². The van der Waals surface area contributed by atoms with Gasteiger partial charge in [-0.1, -0.05) is 23.7 Å². The Balaban J connectivity index is 1.51. The Morgan fingerprint density at radius 3 is 2.39 bits per heavy atom. The van der Waals surface area contributed by atoms with Gasteiger partial charge in [0, 0.05) is 45.3 Å². The molecule has 1 aromatic heterocycles. The van der Waals surface area contributed by atoms with Gasteiger partial charge in [0.05, 0.1) is 18.7 Å². The number of hydrogen-bond donors (Lipinski definition) is 0. The molecule has 0 radical (unpaired) electrons. The Bertz CT molecular complexity index is 842. The van der Waals surface area contributed by atoms with Crippen LogP contribution in [0.25, 0.3) is 0 Å². The summed E-state index contributed by atoms with van der Waals surface area (Å²) in [6.07, 6.45) is 0.402. The Morgan fingerprint density at radius 2 is 1.79 bits per heavy atom. The smallest absolute Gasteiger partial charge is 0.265 e. The van der Waals surface area contributed by atoms with E-state index in [-0.39, 0.29) is 11.8 Å². The van der Waals surface area contributed by atoms with Crippen molar-refractivity contribution in [3.05, 3.63) is 50.4 Å². The van der Waals surface area contributed by atoms with Gasteiger partial charge in [-0.3, -0.25) is 14.5 Å². The first-order valence-electron chi connectivity index (χ1n) is 9.26. The molecule has 0 atom stereocenters. The van der Waals surface area contributed by atoms with E-state index in [9.17, 15) is 9.59 Å². The second kappa shape index (κ2) is 9.03. The van der Waals surface area contributed by atoms with E-state index in [1.165, 1.54) is 11.3 Å². The van der Waals surface area contributed by atoms with Crippen LogP contribution in [0.1, 0.15) is 25.9 Å². The van der Waals surface area contributed by atoms with Crippen LogP contribution in [-0.2, 0) is 17.8 Å². The van der Waals surface area contributed by atoms with Crippen LogP contribution in [0, 0.1) is 6.92 Å². The third-order valence-electron chi connectivity index (χ3n) is 4.79. The second-order valence-electron chi connectivity index (χ2n) is 7.18. The number of rotatable bonds is 5. The maximum atomic E-state index is 12.5. The normalized spacial score (nSPS) is 14.9. The third kappa shape index (κ3) is 5.10. The summed E-state index contributed by atoms with van der Waals surface area (Å²) in [5, 5.41) is 1.63. The summed E-state index contributed by atoms with van der Waals surface area (Å²) in [6.45, 7) is 5.62. The quantitative estimate of drug-likeness (QED) is 0.746. The zero-order valence-electron chi connectivity index (χ0n) is 16.4. The van der Waals surface area contributed by atoms with Crippen LogP contribution >= 0.6 is 22.9 Å². The maximum Gasteiger partial charge on any atom is 0.265 e. The zero-order chi connectivity index (χ0) is 20.3. The molecule has 2 aromatic rings. The SMILES string of the molecule is Cc1nc(CN2CCN(C(=O)Cc3ccc(Cl)cc3)CC2)sc1C(=O)N(C)C. The van der Waals surface area contributed by atoms with Crippen molar-refractivity contribution in [2.45, 2.75) is 19.9 Å². The highest BCUT2D eigenvalue weighted by Crippen LogP contribution is 2.21. The Kier molecular flexibility index (Phi) is 6.69. The van der Waals surface area contributed by atoms with Crippen LogP contribution < -0.4 is 0 Å². The summed E-state index contributed by atoms with van der Waals surface area (Å²) in [5.74, 6) is 0.143. The van der Waals surface area contributed by atoms with Crippen molar-refractivity contribution in [2.75, 3.05) is 40.3 Å². The lowest BCUT2D eigenvalue weighted by atomic mass is 10.1. The van der Waals surface area contributed by atoms with Crippen LogP contribution in [0.15, 0.2) is 24.3 Å². The van der Waals surface area contributed by atoms with Crippen molar-refractivity contribution in [1.29, 1.82) is 0 Å². The Hall–Kier alpha value is -1.96. The molecule has 0 bridgehead atoms. The molecule has 1 aliphatic heterocycles. The molecule has 1 saturated heterocycles. The number of piperazine rings is 1. The van der Waals surface area contributed by atoms with Crippen molar-refractivity contribution in [3.8, 4) is 0 Å². The van der Waals surface area contributed by atoms with E-state index in [2.05, 4.69) is 9.88 Å². The van der Waals surface area contributed by atoms with E-state index in [0.717, 1.165) is 29.4 Å². The lowest BCUT2D eigenvalue weighted by Gasteiger charge is -2.34. The molecule has 1 fully saturated rings. The molecule has 0 N–H and O–H groups in total. The molecule has 0 aliphatic carbocycles. The number of amides is 2. The summed E-state index contributed by atoms with van der Waals surface area (Å²) < 4.78 is 0. The maximum absolute atomic E-state index is 12.5. The van der Waals surface area contributed by atoms with E-state index >= 15 is 0 Å². The third-order valence-corrected chi connectivity index (χ3v) is 6.18. The molecule has 0 saturated carbocycles. The lowest BCUT2D eigenvalue weighted by Crippen LogP contribution is -2.48. The molecule has 2 amide bonds. The summed E-state index contributed by atoms with van der Waals surface area (Å²) in [4.78, 5) is 35.8. The zero-order valence-corrected chi connectivity index (χ0v) is 18.0. The van der Waals surface area contributed by atoms with Gasteiger partial charge < -0.3 is 9.80 Å². The number of hydrogen-bond acceptors (Lipinski definition) is 5. The molecule has 2 heterocycles. The number of carbonyl (C=O) groups excluding carboxylic acids is 2. The first-order valence-corrected chi connectivity index (χ1v) is 10.5. The van der Waals surface area contributed by atoms with Gasteiger partial charge in [-0.05, 0) is 24.6 Å². The molecule has 6 nitrogen and oxygen atoms in total. The number of aromatic nitrogens is 1. The van der Waals surface area contributed by atoms with Crippen LogP contribution in [0.4, 0.5) is 0 Å². The topological polar surface area (TPSA) is 56.8 Å². The molecule has 0 unspecified atom stereocenters. The van der Waals surface area contributed by atoms with Gasteiger partial charge in [0.15, 0.2) is 0 Å². The fourth-order valence-electron chi connectivity index (χ4n) is 3.16. The minimum Gasteiger partial charge on any atom is -0.344 e. The van der Waals surface area contributed by atoms with Crippen molar-refractivity contribution in [3.63, 3.8) is 0 Å². The Labute approximate surface area is 174 Å². The second-order valence-corrected chi connectivity index (χ2v) is 8.70. The van der Waals surface area contributed by atoms with Gasteiger partial charge >= 0.3 is 0 Å². The van der Waals surface area contributed by atoms with Gasteiger partial charge in [0.2, 0.25) is 5.91 Å². The van der Waals surface area contributed by atoms with Gasteiger partial charge in [-0.2, -0.15) is 0 Å². The highest BCUT2D eigenvalue weighted by molar-refractivity contribution is 7.13. The molecule has 3 rings (SSSR count). The standard InChI is InChI=1S/C20H25ClN4O2S/c1-14-19(20(27)23(2)3)28-17(22-14)13-24-8-10-25(11-9-24)18(26)12-15-4-6-16(21)7-5-15/h4-7H,8-13H2,1-3H3. The highest BCUT2D eigenvalue weighted by atomic mass is 35.5. The number of nitrogens with zero attached hydrogens (tertiary/aromatic N) is 4. The van der Waals surface area contributed by atoms with Crippen molar-refractivity contribution in [1.82, 2.24) is 19.7 Å². The summed E-state index contributed by atoms with van der Waals surface area (Å²) in [7, 11) is 3.50. The molecular formula is C20H25ClN4O2S. The van der Waals surface area contributed by atoms with Crippen LogP contribution in [-0.4, -0.2) is 71.8 Å². The summed E-state index contributed by atoms with van der Waals surface area (Å²) in [6, 6.07) is 7.42. The highest BCUT2D eigenvalue weighted by Gasteiger charge is 2.23. The largest absolute Gasteiger partial charge is 0.344 e. The fraction of sp³-hybridized carbons (Fsp3) is 0.450. The molecule has 1 aromatic carbocycles. The predicted molar refractivity (Wildman–Crippen MR) is 112 cm³/mol. The molecular weight excluding hydrogens is 396 g/mol.